The standard InChI is InChI=1S/C17H25N3O2/c1-11-18-17(22-19-11)14-3-2-6-20(10-14)16(21)9-15-8-12-4-5-13(15)7-12/h12-15H,2-10H2,1H3/t12-,13-,14+,15-/m0/s1. The molecule has 1 saturated heterocycles. The fourth-order valence-corrected chi connectivity index (χ4v) is 4.86. The molecule has 1 aromatic heterocycles. The molecule has 5 nitrogen and oxygen atoms in total. The fraction of sp³-hybridized carbons (Fsp3) is 0.824. The summed E-state index contributed by atoms with van der Waals surface area (Å²) in [6, 6.07) is 0. The lowest BCUT2D eigenvalue weighted by Gasteiger charge is -2.32. The van der Waals surface area contributed by atoms with E-state index in [9.17, 15) is 4.79 Å². The number of likely N-dealkylation sites (tertiary alicyclic amines) is 1. The Hall–Kier alpha value is -1.39. The van der Waals surface area contributed by atoms with E-state index in [2.05, 4.69) is 10.1 Å². The Morgan fingerprint density at radius 1 is 1.32 bits per heavy atom. The largest absolute Gasteiger partial charge is 0.342 e. The lowest BCUT2D eigenvalue weighted by Crippen LogP contribution is -2.40. The lowest BCUT2D eigenvalue weighted by atomic mass is 9.86. The molecule has 2 bridgehead atoms. The topological polar surface area (TPSA) is 59.2 Å². The highest BCUT2D eigenvalue weighted by Gasteiger charge is 2.41. The molecule has 3 aliphatic rings. The van der Waals surface area contributed by atoms with Crippen molar-refractivity contribution in [1.29, 1.82) is 0 Å². The highest BCUT2D eigenvalue weighted by atomic mass is 16.5. The second kappa shape index (κ2) is 5.67. The van der Waals surface area contributed by atoms with E-state index >= 15 is 0 Å². The summed E-state index contributed by atoms with van der Waals surface area (Å²) in [7, 11) is 0. The highest BCUT2D eigenvalue weighted by Crippen LogP contribution is 2.49. The van der Waals surface area contributed by atoms with Crippen LogP contribution in [-0.4, -0.2) is 34.0 Å². The Morgan fingerprint density at radius 2 is 2.23 bits per heavy atom. The quantitative estimate of drug-likeness (QED) is 0.861. The molecule has 0 spiro atoms. The average Bonchev–Trinajstić information content (AvgIpc) is 3.24. The van der Waals surface area contributed by atoms with Crippen molar-refractivity contribution < 1.29 is 9.32 Å². The van der Waals surface area contributed by atoms with Crippen LogP contribution in [0.15, 0.2) is 4.52 Å². The Morgan fingerprint density at radius 3 is 2.91 bits per heavy atom. The molecule has 0 N–H and O–H groups in total. The first-order chi connectivity index (χ1) is 10.7. The van der Waals surface area contributed by atoms with Gasteiger partial charge in [0.1, 0.15) is 0 Å². The molecule has 0 unspecified atom stereocenters. The van der Waals surface area contributed by atoms with Gasteiger partial charge in [-0.15, -0.1) is 0 Å². The third-order valence-corrected chi connectivity index (χ3v) is 5.99. The summed E-state index contributed by atoms with van der Waals surface area (Å²) in [6.45, 7) is 3.48. The SMILES string of the molecule is Cc1noc([C@@H]2CCCN(C(=O)C[C@@H]3C[C@H]4CC[C@H]3C4)C2)n1. The Labute approximate surface area is 131 Å². The molecule has 1 amide bonds. The third kappa shape index (κ3) is 2.66. The Bertz CT molecular complexity index is 556. The third-order valence-electron chi connectivity index (χ3n) is 5.99. The maximum Gasteiger partial charge on any atom is 0.231 e. The molecule has 3 fully saturated rings. The first-order valence-corrected chi connectivity index (χ1v) is 8.77. The molecular weight excluding hydrogens is 278 g/mol. The first-order valence-electron chi connectivity index (χ1n) is 8.77. The molecule has 0 radical (unpaired) electrons. The van der Waals surface area contributed by atoms with Gasteiger partial charge in [-0.05, 0) is 56.8 Å². The summed E-state index contributed by atoms with van der Waals surface area (Å²) < 4.78 is 5.31. The molecule has 5 heteroatoms. The summed E-state index contributed by atoms with van der Waals surface area (Å²) in [4.78, 5) is 19.1. The van der Waals surface area contributed by atoms with Gasteiger partial charge in [-0.25, -0.2) is 0 Å². The number of aryl methyl sites for hydroxylation is 1. The molecule has 4 rings (SSSR count). The minimum atomic E-state index is 0.221. The second-order valence-electron chi connectivity index (χ2n) is 7.50. The normalized spacial score (nSPS) is 34.3. The van der Waals surface area contributed by atoms with Crippen molar-refractivity contribution in [2.45, 2.75) is 57.8 Å². The van der Waals surface area contributed by atoms with Gasteiger partial charge in [-0.2, -0.15) is 4.98 Å². The van der Waals surface area contributed by atoms with Gasteiger partial charge in [0, 0.05) is 19.5 Å². The van der Waals surface area contributed by atoms with Crippen LogP contribution in [0, 0.1) is 24.7 Å². The molecule has 1 aromatic rings. The maximum atomic E-state index is 12.7. The van der Waals surface area contributed by atoms with Gasteiger partial charge in [0.2, 0.25) is 11.8 Å². The number of hydrogen-bond acceptors (Lipinski definition) is 4. The van der Waals surface area contributed by atoms with E-state index in [4.69, 9.17) is 4.52 Å². The monoisotopic (exact) mass is 303 g/mol. The average molecular weight is 303 g/mol. The van der Waals surface area contributed by atoms with Gasteiger partial charge in [0.05, 0.1) is 5.92 Å². The number of piperidine rings is 1. The van der Waals surface area contributed by atoms with Gasteiger partial charge < -0.3 is 9.42 Å². The van der Waals surface area contributed by atoms with Gasteiger partial charge in [0.15, 0.2) is 5.82 Å². The number of aromatic nitrogens is 2. The van der Waals surface area contributed by atoms with Gasteiger partial charge in [-0.3, -0.25) is 4.79 Å². The predicted molar refractivity (Wildman–Crippen MR) is 81.1 cm³/mol. The number of carbonyl (C=O) groups excluding carboxylic acids is 1. The van der Waals surface area contributed by atoms with E-state index in [0.717, 1.165) is 44.2 Å². The van der Waals surface area contributed by atoms with Crippen molar-refractivity contribution in [2.24, 2.45) is 17.8 Å². The smallest absolute Gasteiger partial charge is 0.231 e. The zero-order valence-corrected chi connectivity index (χ0v) is 13.3. The van der Waals surface area contributed by atoms with E-state index < -0.39 is 0 Å². The summed E-state index contributed by atoms with van der Waals surface area (Å²) >= 11 is 0. The van der Waals surface area contributed by atoms with Crippen molar-refractivity contribution in [3.8, 4) is 0 Å². The molecular formula is C17H25N3O2. The van der Waals surface area contributed by atoms with Crippen molar-refractivity contribution in [3.63, 3.8) is 0 Å². The molecule has 2 saturated carbocycles. The van der Waals surface area contributed by atoms with Crippen LogP contribution in [0.25, 0.3) is 0 Å². The fourth-order valence-electron chi connectivity index (χ4n) is 4.86. The van der Waals surface area contributed by atoms with Gasteiger partial charge >= 0.3 is 0 Å². The molecule has 120 valence electrons. The summed E-state index contributed by atoms with van der Waals surface area (Å²) in [6.07, 6.45) is 8.26. The highest BCUT2D eigenvalue weighted by molar-refractivity contribution is 5.76. The van der Waals surface area contributed by atoms with Crippen molar-refractivity contribution >= 4 is 5.91 Å². The van der Waals surface area contributed by atoms with Crippen LogP contribution in [0.3, 0.4) is 0 Å². The zero-order chi connectivity index (χ0) is 15.1. The maximum absolute atomic E-state index is 12.7. The number of amides is 1. The minimum Gasteiger partial charge on any atom is -0.342 e. The second-order valence-corrected chi connectivity index (χ2v) is 7.50. The first kappa shape index (κ1) is 14.2. The predicted octanol–water partition coefficient (Wildman–Crippen LogP) is 2.91. The van der Waals surface area contributed by atoms with Crippen LogP contribution in [0.4, 0.5) is 0 Å². The van der Waals surface area contributed by atoms with E-state index in [0.29, 0.717) is 23.5 Å². The van der Waals surface area contributed by atoms with Crippen LogP contribution in [0.2, 0.25) is 0 Å². The molecule has 0 aromatic carbocycles. The van der Waals surface area contributed by atoms with Crippen LogP contribution >= 0.6 is 0 Å². The summed E-state index contributed by atoms with van der Waals surface area (Å²) in [5.41, 5.74) is 0. The van der Waals surface area contributed by atoms with Crippen molar-refractivity contribution in [2.75, 3.05) is 13.1 Å². The van der Waals surface area contributed by atoms with Crippen LogP contribution < -0.4 is 0 Å². The van der Waals surface area contributed by atoms with E-state index in [1.807, 2.05) is 11.8 Å². The molecule has 2 heterocycles. The summed E-state index contributed by atoms with van der Waals surface area (Å²) in [5, 5.41) is 3.88. The zero-order valence-electron chi connectivity index (χ0n) is 13.3. The van der Waals surface area contributed by atoms with Crippen LogP contribution in [0.1, 0.15) is 62.6 Å². The van der Waals surface area contributed by atoms with Crippen LogP contribution in [-0.2, 0) is 4.79 Å². The number of rotatable bonds is 3. The molecule has 1 aliphatic heterocycles. The Balaban J connectivity index is 1.36. The molecule has 4 atom stereocenters. The Kier molecular flexibility index (Phi) is 3.66. The minimum absolute atomic E-state index is 0.221. The lowest BCUT2D eigenvalue weighted by molar-refractivity contribution is -0.134. The number of nitrogens with zero attached hydrogens (tertiary/aromatic N) is 3. The van der Waals surface area contributed by atoms with Gasteiger partial charge in [0.25, 0.3) is 0 Å². The number of carbonyl (C=O) groups is 1. The van der Waals surface area contributed by atoms with Crippen molar-refractivity contribution in [3.05, 3.63) is 11.7 Å². The number of fused-ring (bicyclic) bond motifs is 2. The van der Waals surface area contributed by atoms with E-state index in [1.54, 1.807) is 0 Å². The number of hydrogen-bond donors (Lipinski definition) is 0. The van der Waals surface area contributed by atoms with Crippen molar-refractivity contribution in [1.82, 2.24) is 15.0 Å². The summed E-state index contributed by atoms with van der Waals surface area (Å²) in [5.74, 6) is 4.34. The molecule has 22 heavy (non-hydrogen) atoms. The van der Waals surface area contributed by atoms with E-state index in [-0.39, 0.29) is 5.92 Å². The van der Waals surface area contributed by atoms with Gasteiger partial charge in [-0.1, -0.05) is 11.6 Å². The van der Waals surface area contributed by atoms with E-state index in [1.165, 1.54) is 25.7 Å². The van der Waals surface area contributed by atoms with Crippen LogP contribution in [0.5, 0.6) is 0 Å². The molecule has 2 aliphatic carbocycles.